The fourth-order valence-corrected chi connectivity index (χ4v) is 3.48. The highest BCUT2D eigenvalue weighted by atomic mass is 127. The Kier molecular flexibility index (Phi) is 2.91. The molecule has 1 aliphatic carbocycles. The minimum Gasteiger partial charge on any atom is -0.387 e. The quantitative estimate of drug-likeness (QED) is 0.779. The number of nitrogens with zero attached hydrogens (tertiary/aromatic N) is 1. The molecule has 0 unspecified atom stereocenters. The van der Waals surface area contributed by atoms with Gasteiger partial charge in [0.05, 0.1) is 10.5 Å². The number of halogens is 2. The summed E-state index contributed by atoms with van der Waals surface area (Å²) in [6.45, 7) is 0. The van der Waals surface area contributed by atoms with E-state index in [1.165, 1.54) is 32.3 Å². The van der Waals surface area contributed by atoms with Crippen molar-refractivity contribution >= 4 is 50.8 Å². The summed E-state index contributed by atoms with van der Waals surface area (Å²) in [7, 11) is 1.98. The van der Waals surface area contributed by atoms with Crippen molar-refractivity contribution in [3.8, 4) is 0 Å². The van der Waals surface area contributed by atoms with Crippen molar-refractivity contribution in [1.82, 2.24) is 4.98 Å². The number of pyridine rings is 1. The highest BCUT2D eigenvalue weighted by Crippen LogP contribution is 2.38. The van der Waals surface area contributed by atoms with Gasteiger partial charge in [0.15, 0.2) is 0 Å². The Morgan fingerprint density at radius 3 is 2.94 bits per heavy atom. The predicted octanol–water partition coefficient (Wildman–Crippen LogP) is 4.02. The SMILES string of the molecule is CNc1c2c(nc3c(Cl)ccc(I)c13)CCC2. The fraction of sp³-hybridized carbons (Fsp3) is 0.308. The average molecular weight is 359 g/mol. The van der Waals surface area contributed by atoms with Crippen LogP contribution in [-0.2, 0) is 12.8 Å². The first-order chi connectivity index (χ1) is 8.22. The van der Waals surface area contributed by atoms with E-state index in [-0.39, 0.29) is 0 Å². The summed E-state index contributed by atoms with van der Waals surface area (Å²) < 4.78 is 1.20. The van der Waals surface area contributed by atoms with E-state index in [2.05, 4.69) is 34.0 Å². The van der Waals surface area contributed by atoms with Crippen molar-refractivity contribution in [2.24, 2.45) is 0 Å². The number of fused-ring (bicyclic) bond motifs is 2. The van der Waals surface area contributed by atoms with E-state index in [1.54, 1.807) is 0 Å². The van der Waals surface area contributed by atoms with Crippen LogP contribution >= 0.6 is 34.2 Å². The van der Waals surface area contributed by atoms with Crippen LogP contribution in [0.3, 0.4) is 0 Å². The molecule has 0 saturated carbocycles. The van der Waals surface area contributed by atoms with Crippen LogP contribution in [-0.4, -0.2) is 12.0 Å². The largest absolute Gasteiger partial charge is 0.387 e. The minimum absolute atomic E-state index is 0.742. The van der Waals surface area contributed by atoms with Crippen LogP contribution < -0.4 is 5.32 Å². The first-order valence-electron chi connectivity index (χ1n) is 5.69. The van der Waals surface area contributed by atoms with Crippen LogP contribution in [0.2, 0.25) is 5.02 Å². The molecule has 0 bridgehead atoms. The molecule has 1 N–H and O–H groups in total. The van der Waals surface area contributed by atoms with Gasteiger partial charge in [0.25, 0.3) is 0 Å². The molecule has 17 heavy (non-hydrogen) atoms. The standard InChI is InChI=1S/C13H12ClIN2/c1-16-12-7-3-2-4-10(7)17-13-8(14)5-6-9(15)11(12)13/h5-6H,2-4H2,1H3,(H,16,17). The monoisotopic (exact) mass is 358 g/mol. The molecule has 0 radical (unpaired) electrons. The minimum atomic E-state index is 0.742. The molecule has 2 aromatic rings. The fourth-order valence-electron chi connectivity index (χ4n) is 2.57. The van der Waals surface area contributed by atoms with Crippen molar-refractivity contribution in [1.29, 1.82) is 0 Å². The Bertz CT molecular complexity index is 610. The average Bonchev–Trinajstić information content (AvgIpc) is 2.79. The summed E-state index contributed by atoms with van der Waals surface area (Å²) >= 11 is 8.62. The summed E-state index contributed by atoms with van der Waals surface area (Å²) in [4.78, 5) is 4.75. The maximum Gasteiger partial charge on any atom is 0.0923 e. The van der Waals surface area contributed by atoms with Gasteiger partial charge in [-0.3, -0.25) is 4.98 Å². The topological polar surface area (TPSA) is 24.9 Å². The normalized spacial score (nSPS) is 14.1. The van der Waals surface area contributed by atoms with Gasteiger partial charge in [-0.2, -0.15) is 0 Å². The highest BCUT2D eigenvalue weighted by molar-refractivity contribution is 14.1. The number of aromatic nitrogens is 1. The lowest BCUT2D eigenvalue weighted by molar-refractivity contribution is 0.901. The van der Waals surface area contributed by atoms with Crippen molar-refractivity contribution in [2.75, 3.05) is 12.4 Å². The Morgan fingerprint density at radius 2 is 2.18 bits per heavy atom. The second kappa shape index (κ2) is 4.28. The number of nitrogens with one attached hydrogen (secondary N) is 1. The summed E-state index contributed by atoms with van der Waals surface area (Å²) in [5.41, 5.74) is 4.74. The van der Waals surface area contributed by atoms with Gasteiger partial charge in [-0.25, -0.2) is 0 Å². The summed E-state index contributed by atoms with van der Waals surface area (Å²) in [5.74, 6) is 0. The number of hydrogen-bond acceptors (Lipinski definition) is 2. The van der Waals surface area contributed by atoms with Crippen molar-refractivity contribution in [3.63, 3.8) is 0 Å². The zero-order valence-electron chi connectivity index (χ0n) is 9.48. The Labute approximate surface area is 119 Å². The summed E-state index contributed by atoms with van der Waals surface area (Å²) in [5, 5.41) is 5.24. The van der Waals surface area contributed by atoms with Crippen LogP contribution in [0.1, 0.15) is 17.7 Å². The Hall–Kier alpha value is -0.550. The molecule has 2 nitrogen and oxygen atoms in total. The number of rotatable bonds is 1. The molecule has 88 valence electrons. The molecule has 0 fully saturated rings. The third kappa shape index (κ3) is 1.71. The van der Waals surface area contributed by atoms with Gasteiger partial charge in [-0.1, -0.05) is 11.6 Å². The summed E-state index contributed by atoms with van der Waals surface area (Å²) in [6.07, 6.45) is 3.39. The molecule has 0 amide bonds. The van der Waals surface area contributed by atoms with Gasteiger partial charge in [0.2, 0.25) is 0 Å². The molecule has 4 heteroatoms. The molecule has 1 aromatic carbocycles. The van der Waals surface area contributed by atoms with E-state index >= 15 is 0 Å². The van der Waals surface area contributed by atoms with E-state index in [9.17, 15) is 0 Å². The van der Waals surface area contributed by atoms with Crippen LogP contribution in [0.5, 0.6) is 0 Å². The zero-order valence-corrected chi connectivity index (χ0v) is 12.4. The van der Waals surface area contributed by atoms with Crippen LogP contribution in [0.25, 0.3) is 10.9 Å². The first-order valence-corrected chi connectivity index (χ1v) is 7.15. The second-order valence-corrected chi connectivity index (χ2v) is 5.84. The van der Waals surface area contributed by atoms with Gasteiger partial charge < -0.3 is 5.32 Å². The molecule has 0 saturated heterocycles. The van der Waals surface area contributed by atoms with Gasteiger partial charge in [-0.05, 0) is 59.5 Å². The van der Waals surface area contributed by atoms with E-state index in [0.717, 1.165) is 23.4 Å². The number of aryl methyl sites for hydroxylation is 1. The van der Waals surface area contributed by atoms with Gasteiger partial charge in [0, 0.05) is 27.4 Å². The molecule has 1 aliphatic rings. The van der Waals surface area contributed by atoms with Gasteiger partial charge in [0.1, 0.15) is 0 Å². The Balaban J connectivity index is 2.49. The van der Waals surface area contributed by atoms with Crippen molar-refractivity contribution in [3.05, 3.63) is 32.0 Å². The number of hydrogen-bond donors (Lipinski definition) is 1. The maximum absolute atomic E-state index is 6.27. The molecule has 1 aromatic heterocycles. The lowest BCUT2D eigenvalue weighted by atomic mass is 10.1. The van der Waals surface area contributed by atoms with E-state index in [1.807, 2.05) is 13.1 Å². The second-order valence-electron chi connectivity index (χ2n) is 4.27. The highest BCUT2D eigenvalue weighted by Gasteiger charge is 2.21. The lowest BCUT2D eigenvalue weighted by Gasteiger charge is -2.13. The molecule has 1 heterocycles. The van der Waals surface area contributed by atoms with E-state index in [4.69, 9.17) is 16.6 Å². The lowest BCUT2D eigenvalue weighted by Crippen LogP contribution is -2.00. The molecule has 0 aliphatic heterocycles. The molecule has 0 atom stereocenters. The third-order valence-corrected chi connectivity index (χ3v) is 4.52. The van der Waals surface area contributed by atoms with Crippen LogP contribution in [0.15, 0.2) is 12.1 Å². The van der Waals surface area contributed by atoms with Crippen molar-refractivity contribution in [2.45, 2.75) is 19.3 Å². The number of anilines is 1. The van der Waals surface area contributed by atoms with Gasteiger partial charge in [-0.15, -0.1) is 0 Å². The molecule has 0 spiro atoms. The zero-order chi connectivity index (χ0) is 12.0. The van der Waals surface area contributed by atoms with E-state index < -0.39 is 0 Å². The van der Waals surface area contributed by atoms with Crippen molar-refractivity contribution < 1.29 is 0 Å². The maximum atomic E-state index is 6.27. The van der Waals surface area contributed by atoms with Crippen LogP contribution in [0.4, 0.5) is 5.69 Å². The van der Waals surface area contributed by atoms with Gasteiger partial charge >= 0.3 is 0 Å². The first kappa shape index (κ1) is 11.5. The molecule has 3 rings (SSSR count). The molecular formula is C13H12ClIN2. The third-order valence-electron chi connectivity index (χ3n) is 3.32. The van der Waals surface area contributed by atoms with E-state index in [0.29, 0.717) is 0 Å². The predicted molar refractivity (Wildman–Crippen MR) is 81.0 cm³/mol. The molecular weight excluding hydrogens is 347 g/mol. The smallest absolute Gasteiger partial charge is 0.0923 e. The number of benzene rings is 1. The van der Waals surface area contributed by atoms with Crippen LogP contribution in [0, 0.1) is 3.57 Å². The Morgan fingerprint density at radius 1 is 1.35 bits per heavy atom. The summed E-state index contributed by atoms with van der Waals surface area (Å²) in [6, 6.07) is 3.98.